The van der Waals surface area contributed by atoms with E-state index in [0.717, 1.165) is 48.3 Å². The van der Waals surface area contributed by atoms with Gasteiger partial charge in [-0.25, -0.2) is 4.98 Å². The predicted molar refractivity (Wildman–Crippen MR) is 131 cm³/mol. The monoisotopic (exact) mass is 555 g/mol. The number of thiophene rings is 1. The van der Waals surface area contributed by atoms with Gasteiger partial charge in [0.2, 0.25) is 0 Å². The molecule has 1 saturated heterocycles. The third-order valence-electron chi connectivity index (χ3n) is 4.28. The van der Waals surface area contributed by atoms with Crippen molar-refractivity contribution >= 4 is 69.3 Å². The first kappa shape index (κ1) is 23.7. The number of aromatic nitrogens is 1. The molecular weight excluding hydrogens is 529 g/mol. The first-order valence-corrected chi connectivity index (χ1v) is 11.4. The molecule has 2 aromatic heterocycles. The Kier molecular flexibility index (Phi) is 10.3. The number of halogens is 2. The second kappa shape index (κ2) is 12.2. The second-order valence-corrected chi connectivity index (χ2v) is 8.95. The van der Waals surface area contributed by atoms with Crippen LogP contribution in [0.1, 0.15) is 36.4 Å². The minimum Gasteiger partial charge on any atom is -0.386 e. The third-order valence-corrected chi connectivity index (χ3v) is 6.56. The van der Waals surface area contributed by atoms with E-state index in [1.807, 2.05) is 13.0 Å². The molecule has 0 spiro atoms. The maximum Gasteiger partial charge on any atom is 0.191 e. The number of guanidine groups is 1. The molecule has 0 amide bonds. The van der Waals surface area contributed by atoms with Crippen molar-refractivity contribution in [2.24, 2.45) is 4.99 Å². The van der Waals surface area contributed by atoms with E-state index < -0.39 is 6.10 Å². The zero-order chi connectivity index (χ0) is 19.1. The Bertz CT molecular complexity index is 748. The largest absolute Gasteiger partial charge is 0.386 e. The molecule has 156 valence electrons. The first-order chi connectivity index (χ1) is 13.2. The van der Waals surface area contributed by atoms with Crippen LogP contribution in [-0.2, 0) is 6.42 Å². The van der Waals surface area contributed by atoms with Gasteiger partial charge in [0, 0.05) is 42.9 Å². The van der Waals surface area contributed by atoms with E-state index in [1.165, 1.54) is 24.2 Å². The van der Waals surface area contributed by atoms with E-state index in [9.17, 15) is 5.11 Å². The van der Waals surface area contributed by atoms with Crippen molar-refractivity contribution < 1.29 is 5.11 Å². The maximum atomic E-state index is 10.2. The molecule has 10 heteroatoms. The van der Waals surface area contributed by atoms with Crippen molar-refractivity contribution in [3.63, 3.8) is 0 Å². The molecule has 28 heavy (non-hydrogen) atoms. The number of hydrogen-bond donors (Lipinski definition) is 3. The van der Waals surface area contributed by atoms with Gasteiger partial charge in [-0.05, 0) is 31.9 Å². The SMILES string of the molecule is CCNC(=NCC(O)c1ccc(Cl)s1)NCCc1csc(N2CCCC2)n1.I. The van der Waals surface area contributed by atoms with E-state index in [1.54, 1.807) is 17.4 Å². The fourth-order valence-corrected chi connectivity index (χ4v) is 4.84. The van der Waals surface area contributed by atoms with E-state index in [-0.39, 0.29) is 24.0 Å². The summed E-state index contributed by atoms with van der Waals surface area (Å²) >= 11 is 9.04. The Morgan fingerprint density at radius 1 is 1.36 bits per heavy atom. The van der Waals surface area contributed by atoms with Crippen molar-refractivity contribution in [1.82, 2.24) is 15.6 Å². The van der Waals surface area contributed by atoms with Crippen LogP contribution in [0.5, 0.6) is 0 Å². The van der Waals surface area contributed by atoms with Crippen molar-refractivity contribution in [2.45, 2.75) is 32.3 Å². The van der Waals surface area contributed by atoms with Crippen LogP contribution < -0.4 is 15.5 Å². The van der Waals surface area contributed by atoms with Crippen LogP contribution >= 0.6 is 58.3 Å². The van der Waals surface area contributed by atoms with Crippen LogP contribution in [0.25, 0.3) is 0 Å². The summed E-state index contributed by atoms with van der Waals surface area (Å²) in [7, 11) is 0. The highest BCUT2D eigenvalue weighted by Gasteiger charge is 2.15. The molecule has 1 aliphatic rings. The number of rotatable bonds is 8. The average Bonchev–Trinajstić information content (AvgIpc) is 3.40. The standard InChI is InChI=1S/C18H26ClN5OS2.HI/c1-2-20-17(22-11-14(25)15-5-6-16(19)27-15)21-8-7-13-12-26-18(23-13)24-9-3-4-10-24;/h5-6,12,14,25H,2-4,7-11H2,1H3,(H2,20,21,22);1H. The summed E-state index contributed by atoms with van der Waals surface area (Å²) in [4.78, 5) is 12.4. The molecule has 0 aliphatic carbocycles. The molecule has 3 rings (SSSR count). The van der Waals surface area contributed by atoms with Gasteiger partial charge in [0.05, 0.1) is 16.6 Å². The zero-order valence-electron chi connectivity index (χ0n) is 15.9. The Hall–Kier alpha value is -0.620. The molecule has 3 heterocycles. The molecule has 0 saturated carbocycles. The lowest BCUT2D eigenvalue weighted by atomic mass is 10.3. The number of nitrogens with zero attached hydrogens (tertiary/aromatic N) is 3. The minimum absolute atomic E-state index is 0. The van der Waals surface area contributed by atoms with Crippen molar-refractivity contribution in [3.05, 3.63) is 32.4 Å². The summed E-state index contributed by atoms with van der Waals surface area (Å²) in [5.41, 5.74) is 1.11. The molecule has 0 bridgehead atoms. The first-order valence-electron chi connectivity index (χ1n) is 9.30. The van der Waals surface area contributed by atoms with Crippen LogP contribution in [0.3, 0.4) is 0 Å². The minimum atomic E-state index is -0.639. The van der Waals surface area contributed by atoms with Gasteiger partial charge < -0.3 is 20.6 Å². The lowest BCUT2D eigenvalue weighted by Gasteiger charge is -2.13. The summed E-state index contributed by atoms with van der Waals surface area (Å²) in [6, 6.07) is 3.63. The van der Waals surface area contributed by atoms with Gasteiger partial charge in [-0.2, -0.15) is 0 Å². The fraction of sp³-hybridized carbons (Fsp3) is 0.556. The number of aliphatic imine (C=N–C) groups is 1. The van der Waals surface area contributed by atoms with E-state index >= 15 is 0 Å². The molecule has 1 atom stereocenters. The van der Waals surface area contributed by atoms with E-state index in [2.05, 4.69) is 25.9 Å². The molecule has 2 aromatic rings. The van der Waals surface area contributed by atoms with Gasteiger partial charge in [-0.1, -0.05) is 11.6 Å². The second-order valence-electron chi connectivity index (χ2n) is 6.37. The molecule has 1 unspecified atom stereocenters. The highest BCUT2D eigenvalue weighted by molar-refractivity contribution is 14.0. The van der Waals surface area contributed by atoms with Gasteiger partial charge in [0.1, 0.15) is 6.10 Å². The topological polar surface area (TPSA) is 72.8 Å². The van der Waals surface area contributed by atoms with Crippen LogP contribution in [0.4, 0.5) is 5.13 Å². The Morgan fingerprint density at radius 2 is 2.14 bits per heavy atom. The molecule has 0 radical (unpaired) electrons. The molecule has 1 fully saturated rings. The van der Waals surface area contributed by atoms with Gasteiger partial charge >= 0.3 is 0 Å². The zero-order valence-corrected chi connectivity index (χ0v) is 20.6. The van der Waals surface area contributed by atoms with Crippen LogP contribution in [0.15, 0.2) is 22.5 Å². The highest BCUT2D eigenvalue weighted by Crippen LogP contribution is 2.27. The number of hydrogen-bond acceptors (Lipinski definition) is 6. The van der Waals surface area contributed by atoms with Gasteiger partial charge in [-0.3, -0.25) is 4.99 Å². The van der Waals surface area contributed by atoms with Crippen LogP contribution in [0, 0.1) is 0 Å². The van der Waals surface area contributed by atoms with Crippen molar-refractivity contribution in [1.29, 1.82) is 0 Å². The molecule has 1 aliphatic heterocycles. The maximum absolute atomic E-state index is 10.2. The lowest BCUT2D eigenvalue weighted by molar-refractivity contribution is 0.191. The molecular formula is C18H27ClIN5OS2. The lowest BCUT2D eigenvalue weighted by Crippen LogP contribution is -2.38. The number of anilines is 1. The van der Waals surface area contributed by atoms with Crippen molar-refractivity contribution in [3.8, 4) is 0 Å². The Labute approximate surface area is 196 Å². The summed E-state index contributed by atoms with van der Waals surface area (Å²) in [6.07, 6.45) is 2.74. The average molecular weight is 556 g/mol. The quantitative estimate of drug-likeness (QED) is 0.262. The van der Waals surface area contributed by atoms with Gasteiger partial charge in [0.15, 0.2) is 11.1 Å². The predicted octanol–water partition coefficient (Wildman–Crippen LogP) is 3.91. The Morgan fingerprint density at radius 3 is 2.82 bits per heavy atom. The van der Waals surface area contributed by atoms with E-state index in [4.69, 9.17) is 16.6 Å². The molecule has 3 N–H and O–H groups in total. The third kappa shape index (κ3) is 7.01. The van der Waals surface area contributed by atoms with Crippen LogP contribution in [-0.4, -0.2) is 48.8 Å². The molecule has 6 nitrogen and oxygen atoms in total. The summed E-state index contributed by atoms with van der Waals surface area (Å²) in [6.45, 7) is 6.08. The van der Waals surface area contributed by atoms with Gasteiger partial charge in [0.25, 0.3) is 0 Å². The Balaban J connectivity index is 0.00000280. The summed E-state index contributed by atoms with van der Waals surface area (Å²) in [5.74, 6) is 0.703. The summed E-state index contributed by atoms with van der Waals surface area (Å²) < 4.78 is 0.676. The highest BCUT2D eigenvalue weighted by atomic mass is 127. The fourth-order valence-electron chi connectivity index (χ4n) is 2.89. The number of thiazole rings is 1. The smallest absolute Gasteiger partial charge is 0.191 e. The molecule has 0 aromatic carbocycles. The number of aliphatic hydroxyl groups excluding tert-OH is 1. The van der Waals surface area contributed by atoms with Gasteiger partial charge in [-0.15, -0.1) is 46.7 Å². The normalized spacial score (nSPS) is 15.4. The van der Waals surface area contributed by atoms with E-state index in [0.29, 0.717) is 16.8 Å². The van der Waals surface area contributed by atoms with Crippen molar-refractivity contribution in [2.75, 3.05) is 37.6 Å². The number of nitrogens with one attached hydrogen (secondary N) is 2. The van der Waals surface area contributed by atoms with Crippen LogP contribution in [0.2, 0.25) is 4.34 Å². The summed E-state index contributed by atoms with van der Waals surface area (Å²) in [5, 5.41) is 20.0. The number of aliphatic hydroxyl groups is 1.